The summed E-state index contributed by atoms with van der Waals surface area (Å²) >= 11 is 0. The van der Waals surface area contributed by atoms with E-state index < -0.39 is 0 Å². The van der Waals surface area contributed by atoms with E-state index in [4.69, 9.17) is 0 Å². The zero-order valence-corrected chi connectivity index (χ0v) is 8.41. The van der Waals surface area contributed by atoms with Gasteiger partial charge in [-0.25, -0.2) is 0 Å². The smallest absolute Gasteiger partial charge is 0.0313 e. The maximum atomic E-state index is 2.33. The van der Waals surface area contributed by atoms with E-state index in [1.165, 1.54) is 44.9 Å². The van der Waals surface area contributed by atoms with E-state index in [9.17, 15) is 0 Å². The quantitative estimate of drug-likeness (QED) is 0.480. The normalized spacial score (nSPS) is 25.2. The topological polar surface area (TPSA) is 0 Å². The molecule has 0 saturated carbocycles. The van der Waals surface area contributed by atoms with Gasteiger partial charge in [-0.3, -0.25) is 0 Å². The van der Waals surface area contributed by atoms with Crippen LogP contribution in [-0.2, 0) is 0 Å². The molecule has 0 saturated heterocycles. The van der Waals surface area contributed by atoms with E-state index in [0.29, 0.717) is 0 Å². The van der Waals surface area contributed by atoms with E-state index in [2.05, 4.69) is 36.5 Å². The minimum atomic E-state index is 1.18. The Morgan fingerprint density at radius 2 is 1.00 bits per heavy atom. The molecule has 0 N–H and O–H groups in total. The molecule has 72 valence electrons. The van der Waals surface area contributed by atoms with Crippen LogP contribution in [0.2, 0.25) is 0 Å². The van der Waals surface area contributed by atoms with Crippen molar-refractivity contribution in [1.29, 1.82) is 0 Å². The molecule has 0 aromatic carbocycles. The first-order valence-corrected chi connectivity index (χ1v) is 5.47. The van der Waals surface area contributed by atoms with Crippen molar-refractivity contribution in [3.05, 3.63) is 36.5 Å². The van der Waals surface area contributed by atoms with Crippen LogP contribution in [0.15, 0.2) is 36.5 Å². The molecule has 1 rings (SSSR count). The van der Waals surface area contributed by atoms with Crippen LogP contribution in [0.25, 0.3) is 0 Å². The van der Waals surface area contributed by atoms with Gasteiger partial charge in [0.05, 0.1) is 0 Å². The van der Waals surface area contributed by atoms with Crippen molar-refractivity contribution in [2.45, 2.75) is 44.9 Å². The summed E-state index contributed by atoms with van der Waals surface area (Å²) in [6.07, 6.45) is 22.5. The Bertz CT molecular complexity index is 184. The Morgan fingerprint density at radius 1 is 0.462 bits per heavy atom. The van der Waals surface area contributed by atoms with Gasteiger partial charge in [0.15, 0.2) is 0 Å². The van der Waals surface area contributed by atoms with Crippen molar-refractivity contribution in [3.63, 3.8) is 0 Å². The van der Waals surface area contributed by atoms with Crippen molar-refractivity contribution in [2.24, 2.45) is 0 Å². The Labute approximate surface area is 82.0 Å². The summed E-state index contributed by atoms with van der Waals surface area (Å²) in [5.41, 5.74) is 0. The lowest BCUT2D eigenvalue weighted by Crippen LogP contribution is -1.74. The number of hydrogen-bond donors (Lipinski definition) is 0. The average Bonchev–Trinajstić information content (AvgIpc) is 2.18. The fourth-order valence-corrected chi connectivity index (χ4v) is 1.48. The second-order valence-corrected chi connectivity index (χ2v) is 3.54. The minimum Gasteiger partial charge on any atom is -0.0885 e. The van der Waals surface area contributed by atoms with E-state index in [0.717, 1.165) is 0 Å². The maximum absolute atomic E-state index is 2.33. The highest BCUT2D eigenvalue weighted by atomic mass is 13.9. The fraction of sp³-hybridized carbons (Fsp3) is 0.538. The standard InChI is InChI=1S/C13H20/c1-2-4-6-8-10-12-13-11-9-7-5-3-1/h1-4,9,11H,5-8,10,12-13H2/b3-1+,4-2-,11-9?. The summed E-state index contributed by atoms with van der Waals surface area (Å²) in [7, 11) is 0. The van der Waals surface area contributed by atoms with Crippen LogP contribution in [0.1, 0.15) is 44.9 Å². The molecule has 0 heteroatoms. The Kier molecular flexibility index (Phi) is 6.22. The van der Waals surface area contributed by atoms with E-state index >= 15 is 0 Å². The molecule has 0 bridgehead atoms. The highest BCUT2D eigenvalue weighted by Gasteiger charge is 1.86. The SMILES string of the molecule is C1=CCCCCC/C=C\C=C\CC1. The summed E-state index contributed by atoms with van der Waals surface area (Å²) in [5, 5.41) is 0. The van der Waals surface area contributed by atoms with Gasteiger partial charge in [0, 0.05) is 0 Å². The highest BCUT2D eigenvalue weighted by Crippen LogP contribution is 2.06. The highest BCUT2D eigenvalue weighted by molar-refractivity contribution is 5.03. The monoisotopic (exact) mass is 176 g/mol. The lowest BCUT2D eigenvalue weighted by atomic mass is 10.1. The molecule has 1 aliphatic rings. The second-order valence-electron chi connectivity index (χ2n) is 3.54. The number of allylic oxidation sites excluding steroid dienone is 6. The minimum absolute atomic E-state index is 1.18. The molecule has 0 radical (unpaired) electrons. The Morgan fingerprint density at radius 3 is 1.85 bits per heavy atom. The van der Waals surface area contributed by atoms with Crippen LogP contribution >= 0.6 is 0 Å². The Hall–Kier alpha value is -0.780. The lowest BCUT2D eigenvalue weighted by Gasteiger charge is -1.94. The van der Waals surface area contributed by atoms with Crippen molar-refractivity contribution in [2.75, 3.05) is 0 Å². The second kappa shape index (κ2) is 7.85. The first-order chi connectivity index (χ1) is 6.50. The van der Waals surface area contributed by atoms with Gasteiger partial charge in [-0.2, -0.15) is 0 Å². The summed E-state index contributed by atoms with van der Waals surface area (Å²) < 4.78 is 0. The fourth-order valence-electron chi connectivity index (χ4n) is 1.48. The summed E-state index contributed by atoms with van der Waals surface area (Å²) in [5.74, 6) is 0. The molecule has 0 unspecified atom stereocenters. The van der Waals surface area contributed by atoms with Gasteiger partial charge < -0.3 is 0 Å². The van der Waals surface area contributed by atoms with Gasteiger partial charge >= 0.3 is 0 Å². The lowest BCUT2D eigenvalue weighted by molar-refractivity contribution is 0.695. The zero-order valence-electron chi connectivity index (χ0n) is 8.41. The van der Waals surface area contributed by atoms with Gasteiger partial charge in [0.1, 0.15) is 0 Å². The molecule has 0 heterocycles. The van der Waals surface area contributed by atoms with Crippen molar-refractivity contribution >= 4 is 0 Å². The largest absolute Gasteiger partial charge is 0.0885 e. The van der Waals surface area contributed by atoms with Crippen LogP contribution in [-0.4, -0.2) is 0 Å². The van der Waals surface area contributed by atoms with Gasteiger partial charge in [0.25, 0.3) is 0 Å². The van der Waals surface area contributed by atoms with Gasteiger partial charge in [-0.05, 0) is 38.5 Å². The van der Waals surface area contributed by atoms with E-state index in [1.54, 1.807) is 0 Å². The van der Waals surface area contributed by atoms with E-state index in [1.807, 2.05) is 0 Å². The van der Waals surface area contributed by atoms with Crippen LogP contribution in [0.3, 0.4) is 0 Å². The summed E-state index contributed by atoms with van der Waals surface area (Å²) in [6.45, 7) is 0. The Balaban J connectivity index is 2.28. The first kappa shape index (κ1) is 10.3. The van der Waals surface area contributed by atoms with Crippen LogP contribution in [0, 0.1) is 0 Å². The van der Waals surface area contributed by atoms with Gasteiger partial charge in [-0.1, -0.05) is 42.9 Å². The van der Waals surface area contributed by atoms with E-state index in [-0.39, 0.29) is 0 Å². The molecule has 1 aliphatic carbocycles. The molecule has 0 aromatic rings. The number of hydrogen-bond acceptors (Lipinski definition) is 0. The molecule has 0 spiro atoms. The molecule has 0 atom stereocenters. The number of rotatable bonds is 0. The average molecular weight is 176 g/mol. The van der Waals surface area contributed by atoms with Gasteiger partial charge in [-0.15, -0.1) is 0 Å². The molecule has 0 nitrogen and oxygen atoms in total. The predicted molar refractivity (Wildman–Crippen MR) is 59.7 cm³/mol. The first-order valence-electron chi connectivity index (χ1n) is 5.47. The summed E-state index contributed by atoms with van der Waals surface area (Å²) in [6, 6.07) is 0. The third-order valence-electron chi connectivity index (χ3n) is 2.29. The molecule has 13 heavy (non-hydrogen) atoms. The van der Waals surface area contributed by atoms with Crippen LogP contribution in [0.5, 0.6) is 0 Å². The van der Waals surface area contributed by atoms with Crippen LogP contribution < -0.4 is 0 Å². The third kappa shape index (κ3) is 6.39. The van der Waals surface area contributed by atoms with Crippen molar-refractivity contribution in [3.8, 4) is 0 Å². The van der Waals surface area contributed by atoms with Gasteiger partial charge in [0.2, 0.25) is 0 Å². The van der Waals surface area contributed by atoms with Crippen molar-refractivity contribution in [1.82, 2.24) is 0 Å². The van der Waals surface area contributed by atoms with Crippen molar-refractivity contribution < 1.29 is 0 Å². The molecular weight excluding hydrogens is 156 g/mol. The summed E-state index contributed by atoms with van der Waals surface area (Å²) in [4.78, 5) is 0. The third-order valence-corrected chi connectivity index (χ3v) is 2.29. The predicted octanol–water partition coefficient (Wildman–Crippen LogP) is 4.40. The zero-order chi connectivity index (χ0) is 9.19. The maximum Gasteiger partial charge on any atom is -0.0313 e. The molecule has 0 aliphatic heterocycles. The molecule has 0 fully saturated rings. The molecular formula is C13H20. The molecule has 0 aromatic heterocycles. The van der Waals surface area contributed by atoms with Crippen LogP contribution in [0.4, 0.5) is 0 Å². The molecule has 0 amide bonds.